The van der Waals surface area contributed by atoms with Crippen molar-refractivity contribution in [2.24, 2.45) is 0 Å². The molecule has 0 atom stereocenters. The molecule has 2 amide bonds. The normalized spacial score (nSPS) is 15.2. The van der Waals surface area contributed by atoms with Crippen LogP contribution >= 0.6 is 11.8 Å². The summed E-state index contributed by atoms with van der Waals surface area (Å²) < 4.78 is 32.2. The van der Waals surface area contributed by atoms with Crippen molar-refractivity contribution in [3.63, 3.8) is 0 Å². The number of thioether (sulfide) groups is 1. The molecule has 1 N–H and O–H groups in total. The van der Waals surface area contributed by atoms with E-state index in [1.54, 1.807) is 36.1 Å². The number of alkyl halides is 2. The molecule has 0 saturated carbocycles. The number of piperidine rings is 1. The monoisotopic (exact) mass is 412 g/mol. The molecule has 0 aliphatic carbocycles. The quantitative estimate of drug-likeness (QED) is 0.738. The number of likely N-dealkylation sites (tertiary alicyclic amines) is 1. The lowest BCUT2D eigenvalue weighted by Crippen LogP contribution is -2.47. The van der Waals surface area contributed by atoms with E-state index in [0.29, 0.717) is 55.3 Å². The largest absolute Gasteiger partial charge is 0.450 e. The predicted octanol–water partition coefficient (Wildman–Crippen LogP) is 3.09. The van der Waals surface area contributed by atoms with Gasteiger partial charge < -0.3 is 19.5 Å². The lowest BCUT2D eigenvalue weighted by molar-refractivity contribution is -0.122. The van der Waals surface area contributed by atoms with E-state index in [4.69, 9.17) is 4.74 Å². The Morgan fingerprint density at radius 3 is 2.71 bits per heavy atom. The van der Waals surface area contributed by atoms with Crippen molar-refractivity contribution in [2.75, 3.05) is 19.7 Å². The van der Waals surface area contributed by atoms with Crippen molar-refractivity contribution in [1.29, 1.82) is 0 Å². The smallest absolute Gasteiger partial charge is 0.409 e. The Kier molecular flexibility index (Phi) is 6.71. The molecule has 1 aromatic heterocycles. The van der Waals surface area contributed by atoms with Crippen LogP contribution in [-0.4, -0.2) is 57.9 Å². The van der Waals surface area contributed by atoms with Gasteiger partial charge in [-0.2, -0.15) is 8.78 Å². The second kappa shape index (κ2) is 9.22. The molecule has 1 aliphatic heterocycles. The standard InChI is InChI=1S/C18H22F2N4O3S/c1-2-27-18(26)23-9-7-12(8-10-23)21-15(25)11-24-14-6-4-3-5-13(14)22-17(24)28-16(19)20/h3-6,12,16H,2,7-11H2,1H3,(H,21,25). The van der Waals surface area contributed by atoms with Crippen LogP contribution in [0.15, 0.2) is 29.4 Å². The fraction of sp³-hybridized carbons (Fsp3) is 0.500. The Bertz CT molecular complexity index is 837. The average molecular weight is 412 g/mol. The van der Waals surface area contributed by atoms with Crippen LogP contribution in [0.1, 0.15) is 19.8 Å². The summed E-state index contributed by atoms with van der Waals surface area (Å²) in [4.78, 5) is 30.1. The molecule has 28 heavy (non-hydrogen) atoms. The maximum Gasteiger partial charge on any atom is 0.409 e. The van der Waals surface area contributed by atoms with Crippen LogP contribution in [0.25, 0.3) is 11.0 Å². The number of amides is 2. The SMILES string of the molecule is CCOC(=O)N1CCC(NC(=O)Cn2c(SC(F)F)nc3ccccc32)CC1. The molecule has 152 valence electrons. The van der Waals surface area contributed by atoms with Crippen LogP contribution in [0, 0.1) is 0 Å². The number of para-hydroxylation sites is 2. The van der Waals surface area contributed by atoms with E-state index in [-0.39, 0.29) is 29.7 Å². The molecule has 2 heterocycles. The highest BCUT2D eigenvalue weighted by atomic mass is 32.2. The second-order valence-corrected chi connectivity index (χ2v) is 7.33. The van der Waals surface area contributed by atoms with Gasteiger partial charge in [-0.25, -0.2) is 9.78 Å². The number of aromatic nitrogens is 2. The van der Waals surface area contributed by atoms with E-state index in [1.807, 2.05) is 0 Å². The highest BCUT2D eigenvalue weighted by molar-refractivity contribution is 7.99. The number of rotatable bonds is 6. The van der Waals surface area contributed by atoms with Gasteiger partial charge >= 0.3 is 6.09 Å². The Morgan fingerprint density at radius 2 is 2.04 bits per heavy atom. The summed E-state index contributed by atoms with van der Waals surface area (Å²) in [6.07, 6.45) is 0.896. The van der Waals surface area contributed by atoms with Crippen molar-refractivity contribution in [3.05, 3.63) is 24.3 Å². The van der Waals surface area contributed by atoms with Crippen LogP contribution in [0.3, 0.4) is 0 Å². The molecule has 0 bridgehead atoms. The van der Waals surface area contributed by atoms with Gasteiger partial charge in [0.1, 0.15) is 6.54 Å². The molecule has 7 nitrogen and oxygen atoms in total. The van der Waals surface area contributed by atoms with Gasteiger partial charge in [-0.3, -0.25) is 4.79 Å². The van der Waals surface area contributed by atoms with E-state index in [0.717, 1.165) is 0 Å². The highest BCUT2D eigenvalue weighted by Gasteiger charge is 2.25. The number of halogens is 2. The molecule has 10 heteroatoms. The summed E-state index contributed by atoms with van der Waals surface area (Å²) in [6, 6.07) is 6.96. The average Bonchev–Trinajstić information content (AvgIpc) is 2.99. The molecular formula is C18H22F2N4O3S. The summed E-state index contributed by atoms with van der Waals surface area (Å²) >= 11 is 0.327. The first-order valence-corrected chi connectivity index (χ1v) is 9.97. The van der Waals surface area contributed by atoms with Crippen LogP contribution in [0.4, 0.5) is 13.6 Å². The molecule has 1 aliphatic rings. The fourth-order valence-corrected chi connectivity index (χ4v) is 3.81. The molecule has 2 aromatic rings. The number of ether oxygens (including phenoxy) is 1. The number of nitrogens with zero attached hydrogens (tertiary/aromatic N) is 3. The Labute approximate surface area is 165 Å². The van der Waals surface area contributed by atoms with E-state index < -0.39 is 5.76 Å². The zero-order chi connectivity index (χ0) is 20.1. The van der Waals surface area contributed by atoms with Gasteiger partial charge in [0.05, 0.1) is 17.6 Å². The van der Waals surface area contributed by atoms with Crippen molar-refractivity contribution in [1.82, 2.24) is 19.8 Å². The second-order valence-electron chi connectivity index (χ2n) is 6.38. The number of carbonyl (C=O) groups excluding carboxylic acids is 2. The Balaban J connectivity index is 1.62. The lowest BCUT2D eigenvalue weighted by Gasteiger charge is -2.31. The zero-order valence-electron chi connectivity index (χ0n) is 15.4. The maximum absolute atomic E-state index is 12.9. The van der Waals surface area contributed by atoms with E-state index in [2.05, 4.69) is 10.3 Å². The van der Waals surface area contributed by atoms with Gasteiger partial charge in [0.2, 0.25) is 5.91 Å². The van der Waals surface area contributed by atoms with Crippen LogP contribution in [0.2, 0.25) is 0 Å². The third-order valence-corrected chi connectivity index (χ3v) is 5.20. The topological polar surface area (TPSA) is 76.5 Å². The summed E-state index contributed by atoms with van der Waals surface area (Å²) in [6.45, 7) is 3.00. The summed E-state index contributed by atoms with van der Waals surface area (Å²) in [5.41, 5.74) is 1.21. The molecule has 1 fully saturated rings. The number of hydrogen-bond donors (Lipinski definition) is 1. The van der Waals surface area contributed by atoms with Gasteiger partial charge in [-0.15, -0.1) is 0 Å². The maximum atomic E-state index is 12.9. The van der Waals surface area contributed by atoms with Crippen LogP contribution in [0.5, 0.6) is 0 Å². The molecular weight excluding hydrogens is 390 g/mol. The first-order valence-electron chi connectivity index (χ1n) is 9.09. The van der Waals surface area contributed by atoms with E-state index >= 15 is 0 Å². The van der Waals surface area contributed by atoms with Gasteiger partial charge in [-0.1, -0.05) is 12.1 Å². The number of fused-ring (bicyclic) bond motifs is 1. The third-order valence-electron chi connectivity index (χ3n) is 4.50. The first-order chi connectivity index (χ1) is 13.5. The number of benzene rings is 1. The Morgan fingerprint density at radius 1 is 1.32 bits per heavy atom. The van der Waals surface area contributed by atoms with Gasteiger partial charge in [0.25, 0.3) is 5.76 Å². The summed E-state index contributed by atoms with van der Waals surface area (Å²) in [7, 11) is 0. The zero-order valence-corrected chi connectivity index (χ0v) is 16.3. The number of imidazole rings is 1. The van der Waals surface area contributed by atoms with Crippen molar-refractivity contribution >= 4 is 34.8 Å². The highest BCUT2D eigenvalue weighted by Crippen LogP contribution is 2.28. The molecule has 0 spiro atoms. The minimum atomic E-state index is -2.62. The minimum absolute atomic E-state index is 0.0702. The third kappa shape index (κ3) is 4.92. The van der Waals surface area contributed by atoms with Gasteiger partial charge in [0.15, 0.2) is 5.16 Å². The summed E-state index contributed by atoms with van der Waals surface area (Å²) in [5, 5.41) is 3.05. The van der Waals surface area contributed by atoms with Crippen LogP contribution in [-0.2, 0) is 16.1 Å². The Hall–Kier alpha value is -2.36. The lowest BCUT2D eigenvalue weighted by atomic mass is 10.1. The van der Waals surface area contributed by atoms with Crippen molar-refractivity contribution < 1.29 is 23.1 Å². The van der Waals surface area contributed by atoms with Gasteiger partial charge in [-0.05, 0) is 43.7 Å². The van der Waals surface area contributed by atoms with Gasteiger partial charge in [0, 0.05) is 19.1 Å². The minimum Gasteiger partial charge on any atom is -0.450 e. The van der Waals surface area contributed by atoms with Crippen molar-refractivity contribution in [3.8, 4) is 0 Å². The fourth-order valence-electron chi connectivity index (χ4n) is 3.21. The molecule has 3 rings (SSSR count). The van der Waals surface area contributed by atoms with E-state index in [9.17, 15) is 18.4 Å². The molecule has 1 saturated heterocycles. The number of carbonyl (C=O) groups is 2. The van der Waals surface area contributed by atoms with Crippen molar-refractivity contribution in [2.45, 2.75) is 43.3 Å². The predicted molar refractivity (Wildman–Crippen MR) is 101 cm³/mol. The summed E-state index contributed by atoms with van der Waals surface area (Å²) in [5.74, 6) is -2.89. The molecule has 0 radical (unpaired) electrons. The number of nitrogens with one attached hydrogen (secondary N) is 1. The number of hydrogen-bond acceptors (Lipinski definition) is 5. The molecule has 0 unspecified atom stereocenters. The molecule has 1 aromatic carbocycles. The van der Waals surface area contributed by atoms with E-state index in [1.165, 1.54) is 4.57 Å². The first kappa shape index (κ1) is 20.4. The van der Waals surface area contributed by atoms with Crippen LogP contribution < -0.4 is 5.32 Å².